The monoisotopic (exact) mass is 511 g/mol. The van der Waals surface area contributed by atoms with Crippen LogP contribution in [0, 0.1) is 0 Å². The number of methoxy groups -OCH3 is 2. The second kappa shape index (κ2) is 9.39. The minimum absolute atomic E-state index is 0.0310. The van der Waals surface area contributed by atoms with Crippen LogP contribution in [0.1, 0.15) is 31.4 Å². The Morgan fingerprint density at radius 1 is 1.18 bits per heavy atom. The normalized spacial score (nSPS) is 17.6. The van der Waals surface area contributed by atoms with Gasteiger partial charge in [-0.15, -0.1) is 0 Å². The smallest absolute Gasteiger partial charge is 0.268 e. The third-order valence-corrected chi connectivity index (χ3v) is 5.95. The van der Waals surface area contributed by atoms with Crippen LogP contribution in [0.25, 0.3) is 10.9 Å². The van der Waals surface area contributed by atoms with Crippen molar-refractivity contribution in [2.45, 2.75) is 38.3 Å². The van der Waals surface area contributed by atoms with Gasteiger partial charge in [0.2, 0.25) is 5.60 Å². The van der Waals surface area contributed by atoms with E-state index in [0.29, 0.717) is 34.7 Å². The number of pyridine rings is 1. The topological polar surface area (TPSA) is 82.0 Å². The Morgan fingerprint density at radius 2 is 1.91 bits per heavy atom. The van der Waals surface area contributed by atoms with Crippen molar-refractivity contribution in [2.75, 3.05) is 14.2 Å². The number of nitrogens with zero attached hydrogens (tertiary/aromatic N) is 2. The van der Waals surface area contributed by atoms with Crippen LogP contribution >= 0.6 is 15.9 Å². The van der Waals surface area contributed by atoms with Crippen molar-refractivity contribution in [1.82, 2.24) is 10.3 Å². The number of hydrogen-bond acceptors (Lipinski definition) is 6. The van der Waals surface area contributed by atoms with Gasteiger partial charge in [-0.1, -0.05) is 35.5 Å². The summed E-state index contributed by atoms with van der Waals surface area (Å²) in [4.78, 5) is 23.7. The first-order valence-corrected chi connectivity index (χ1v) is 11.5. The van der Waals surface area contributed by atoms with Crippen LogP contribution in [0.5, 0.6) is 11.5 Å². The Kier molecular flexibility index (Phi) is 6.56. The van der Waals surface area contributed by atoms with Crippen molar-refractivity contribution in [3.63, 3.8) is 0 Å². The van der Waals surface area contributed by atoms with Crippen LogP contribution in [0.15, 0.2) is 58.3 Å². The summed E-state index contributed by atoms with van der Waals surface area (Å²) in [7, 11) is 3.15. The summed E-state index contributed by atoms with van der Waals surface area (Å²) in [6, 6.07) is 13.7. The molecule has 0 spiro atoms. The Morgan fingerprint density at radius 3 is 2.58 bits per heavy atom. The molecular weight excluding hydrogens is 486 g/mol. The van der Waals surface area contributed by atoms with Crippen molar-refractivity contribution in [3.8, 4) is 11.5 Å². The van der Waals surface area contributed by atoms with Gasteiger partial charge in [0.25, 0.3) is 5.91 Å². The van der Waals surface area contributed by atoms with Gasteiger partial charge in [0.05, 0.1) is 19.9 Å². The van der Waals surface area contributed by atoms with E-state index in [4.69, 9.17) is 14.3 Å². The van der Waals surface area contributed by atoms with Crippen molar-refractivity contribution < 1.29 is 19.1 Å². The van der Waals surface area contributed by atoms with Gasteiger partial charge in [-0.05, 0) is 47.5 Å². The van der Waals surface area contributed by atoms with Gasteiger partial charge in [-0.3, -0.25) is 9.78 Å². The average molecular weight is 512 g/mol. The second-order valence-electron chi connectivity index (χ2n) is 8.31. The van der Waals surface area contributed by atoms with Gasteiger partial charge < -0.3 is 19.6 Å². The van der Waals surface area contributed by atoms with Crippen molar-refractivity contribution in [1.29, 1.82) is 0 Å². The van der Waals surface area contributed by atoms with Gasteiger partial charge in [0, 0.05) is 40.5 Å². The molecule has 1 aromatic heterocycles. The first-order valence-electron chi connectivity index (χ1n) is 10.7. The number of oxime groups is 1. The fourth-order valence-electron chi connectivity index (χ4n) is 4.05. The molecule has 8 heteroatoms. The molecule has 3 aromatic rings. The molecule has 1 unspecified atom stereocenters. The minimum Gasteiger partial charge on any atom is -0.492 e. The lowest BCUT2D eigenvalue weighted by molar-refractivity contribution is -0.144. The minimum atomic E-state index is -1.16. The predicted molar refractivity (Wildman–Crippen MR) is 131 cm³/mol. The number of fused-ring (bicyclic) bond motifs is 1. The highest BCUT2D eigenvalue weighted by molar-refractivity contribution is 9.10. The van der Waals surface area contributed by atoms with Crippen molar-refractivity contribution in [3.05, 3.63) is 64.3 Å². The van der Waals surface area contributed by atoms with Gasteiger partial charge >= 0.3 is 0 Å². The van der Waals surface area contributed by atoms with Crippen LogP contribution in [0.2, 0.25) is 0 Å². The molecule has 0 fully saturated rings. The zero-order valence-electron chi connectivity index (χ0n) is 19.0. The molecule has 0 saturated carbocycles. The fourth-order valence-corrected chi connectivity index (χ4v) is 4.40. The molecule has 0 radical (unpaired) electrons. The maximum Gasteiger partial charge on any atom is 0.268 e. The highest BCUT2D eigenvalue weighted by atomic mass is 79.9. The van der Waals surface area contributed by atoms with E-state index in [-0.39, 0.29) is 18.4 Å². The number of hydrogen-bond donors (Lipinski definition) is 1. The molecule has 2 aromatic carbocycles. The van der Waals surface area contributed by atoms with E-state index in [1.54, 1.807) is 20.4 Å². The SMILES string of the molecule is COc1c(C2=NOC(Cc3ccccc3)(C(=O)NC(C)C)C2)cc2cc(Br)cnc2c1OC. The Bertz CT molecular complexity index is 1210. The lowest BCUT2D eigenvalue weighted by atomic mass is 9.86. The van der Waals surface area contributed by atoms with Crippen LogP contribution in [0.3, 0.4) is 0 Å². The van der Waals surface area contributed by atoms with E-state index in [1.165, 1.54) is 0 Å². The second-order valence-corrected chi connectivity index (χ2v) is 9.22. The Hall–Kier alpha value is -3.13. The van der Waals surface area contributed by atoms with E-state index < -0.39 is 5.60 Å². The molecule has 1 aliphatic rings. The van der Waals surface area contributed by atoms with E-state index in [1.807, 2.05) is 56.3 Å². The summed E-state index contributed by atoms with van der Waals surface area (Å²) < 4.78 is 12.2. The molecule has 7 nitrogen and oxygen atoms in total. The molecule has 1 atom stereocenters. The number of benzene rings is 2. The first kappa shape index (κ1) is 23.0. The van der Waals surface area contributed by atoms with Gasteiger partial charge in [-0.2, -0.15) is 0 Å². The number of rotatable bonds is 7. The lowest BCUT2D eigenvalue weighted by Gasteiger charge is -2.27. The van der Waals surface area contributed by atoms with Gasteiger partial charge in [0.1, 0.15) is 5.52 Å². The highest BCUT2D eigenvalue weighted by Crippen LogP contribution is 2.42. The molecule has 0 bridgehead atoms. The van der Waals surface area contributed by atoms with E-state index >= 15 is 0 Å². The zero-order valence-corrected chi connectivity index (χ0v) is 20.6. The molecule has 33 heavy (non-hydrogen) atoms. The third-order valence-electron chi connectivity index (χ3n) is 5.52. The molecular formula is C25H26BrN3O4. The highest BCUT2D eigenvalue weighted by Gasteiger charge is 2.47. The molecule has 0 saturated heterocycles. The summed E-state index contributed by atoms with van der Waals surface area (Å²) >= 11 is 3.48. The van der Waals surface area contributed by atoms with Crippen LogP contribution < -0.4 is 14.8 Å². The molecule has 172 valence electrons. The number of amides is 1. The summed E-state index contributed by atoms with van der Waals surface area (Å²) in [6.45, 7) is 3.85. The third kappa shape index (κ3) is 4.53. The number of carbonyl (C=O) groups excluding carboxylic acids is 1. The van der Waals surface area contributed by atoms with Gasteiger partial charge in [0.15, 0.2) is 11.5 Å². The molecule has 1 N–H and O–H groups in total. The van der Waals surface area contributed by atoms with Crippen LogP contribution in [-0.2, 0) is 16.1 Å². The number of halogens is 1. The Balaban J connectivity index is 1.78. The zero-order chi connectivity index (χ0) is 23.6. The van der Waals surface area contributed by atoms with E-state index in [0.717, 1.165) is 15.4 Å². The number of carbonyl (C=O) groups is 1. The molecule has 4 rings (SSSR count). The first-order chi connectivity index (χ1) is 15.9. The number of ether oxygens (including phenoxy) is 2. The predicted octanol–water partition coefficient (Wildman–Crippen LogP) is 4.65. The summed E-state index contributed by atoms with van der Waals surface area (Å²) in [5, 5.41) is 8.24. The molecule has 1 amide bonds. The molecule has 1 aliphatic heterocycles. The largest absolute Gasteiger partial charge is 0.492 e. The average Bonchev–Trinajstić information content (AvgIpc) is 3.23. The summed E-state index contributed by atoms with van der Waals surface area (Å²) in [6.07, 6.45) is 2.38. The van der Waals surface area contributed by atoms with Crippen molar-refractivity contribution in [2.24, 2.45) is 5.16 Å². The lowest BCUT2D eigenvalue weighted by Crippen LogP contribution is -2.50. The Labute approximate surface area is 201 Å². The van der Waals surface area contributed by atoms with Gasteiger partial charge in [-0.25, -0.2) is 0 Å². The number of aromatic nitrogens is 1. The molecule has 2 heterocycles. The maximum atomic E-state index is 13.3. The van der Waals surface area contributed by atoms with Crippen LogP contribution in [0.4, 0.5) is 0 Å². The van der Waals surface area contributed by atoms with E-state index in [9.17, 15) is 4.79 Å². The molecule has 0 aliphatic carbocycles. The van der Waals surface area contributed by atoms with Crippen LogP contribution in [-0.4, -0.2) is 42.5 Å². The quantitative estimate of drug-likeness (QED) is 0.499. The standard InChI is InChI=1S/C25H26BrN3O4/c1-15(2)28-24(30)25(12-16-8-6-5-7-9-16)13-20(29-33-25)19-11-17-10-18(26)14-27-21(17)23(32-4)22(19)31-3/h5-11,14-15H,12-13H2,1-4H3,(H,28,30). The number of nitrogens with one attached hydrogen (secondary N) is 1. The maximum absolute atomic E-state index is 13.3. The summed E-state index contributed by atoms with van der Waals surface area (Å²) in [5.74, 6) is 0.811. The fraction of sp³-hybridized carbons (Fsp3) is 0.320. The van der Waals surface area contributed by atoms with E-state index in [2.05, 4.69) is 31.4 Å². The summed E-state index contributed by atoms with van der Waals surface area (Å²) in [5.41, 5.74) is 1.82. The van der Waals surface area contributed by atoms with Crippen molar-refractivity contribution >= 4 is 38.5 Å².